The Hall–Kier alpha value is -0.160. The monoisotopic (exact) mass is 284 g/mol. The molecular formula is C16H32N2O2. The number of hydrogen-bond donors (Lipinski definition) is 0. The lowest BCUT2D eigenvalue weighted by Crippen LogP contribution is -2.46. The Morgan fingerprint density at radius 1 is 1.05 bits per heavy atom. The summed E-state index contributed by atoms with van der Waals surface area (Å²) in [5, 5.41) is 0. The summed E-state index contributed by atoms with van der Waals surface area (Å²) < 4.78 is 11.2. The molecule has 0 unspecified atom stereocenters. The van der Waals surface area contributed by atoms with Crippen molar-refractivity contribution >= 4 is 0 Å². The van der Waals surface area contributed by atoms with Crippen LogP contribution in [0, 0.1) is 5.92 Å². The molecule has 0 aromatic heterocycles. The van der Waals surface area contributed by atoms with E-state index in [4.69, 9.17) is 9.47 Å². The van der Waals surface area contributed by atoms with Crippen molar-refractivity contribution in [2.24, 2.45) is 5.92 Å². The first kappa shape index (κ1) is 16.2. The lowest BCUT2D eigenvalue weighted by molar-refractivity contribution is 0.00629. The fraction of sp³-hybridized carbons (Fsp3) is 1.00. The number of ether oxygens (including phenoxy) is 2. The molecule has 2 heterocycles. The zero-order valence-corrected chi connectivity index (χ0v) is 13.6. The third-order valence-corrected chi connectivity index (χ3v) is 4.57. The SMILES string of the molecule is CC(C)(C)N1CCC(COCCN2CCOCC2)CC1. The summed E-state index contributed by atoms with van der Waals surface area (Å²) in [5.74, 6) is 0.762. The van der Waals surface area contributed by atoms with Crippen molar-refractivity contribution in [1.82, 2.24) is 9.80 Å². The molecule has 20 heavy (non-hydrogen) atoms. The number of piperidine rings is 1. The Morgan fingerprint density at radius 3 is 2.30 bits per heavy atom. The molecule has 118 valence electrons. The highest BCUT2D eigenvalue weighted by Gasteiger charge is 2.26. The lowest BCUT2D eigenvalue weighted by Gasteiger charge is -2.40. The maximum atomic E-state index is 5.90. The van der Waals surface area contributed by atoms with Crippen LogP contribution in [0.25, 0.3) is 0 Å². The maximum Gasteiger partial charge on any atom is 0.0594 e. The van der Waals surface area contributed by atoms with E-state index >= 15 is 0 Å². The van der Waals surface area contributed by atoms with Crippen molar-refractivity contribution in [3.05, 3.63) is 0 Å². The van der Waals surface area contributed by atoms with Crippen LogP contribution in [0.5, 0.6) is 0 Å². The Labute approximate surface area is 124 Å². The van der Waals surface area contributed by atoms with E-state index in [0.29, 0.717) is 5.54 Å². The van der Waals surface area contributed by atoms with Crippen LogP contribution >= 0.6 is 0 Å². The summed E-state index contributed by atoms with van der Waals surface area (Å²) >= 11 is 0. The van der Waals surface area contributed by atoms with Gasteiger partial charge in [-0.3, -0.25) is 9.80 Å². The number of hydrogen-bond acceptors (Lipinski definition) is 4. The highest BCUT2D eigenvalue weighted by molar-refractivity contribution is 4.81. The van der Waals surface area contributed by atoms with Crippen LogP contribution in [-0.2, 0) is 9.47 Å². The third-order valence-electron chi connectivity index (χ3n) is 4.57. The van der Waals surface area contributed by atoms with Gasteiger partial charge in [-0.15, -0.1) is 0 Å². The molecule has 0 N–H and O–H groups in total. The van der Waals surface area contributed by atoms with E-state index in [1.807, 2.05) is 0 Å². The predicted octanol–water partition coefficient (Wildman–Crippen LogP) is 1.85. The zero-order valence-electron chi connectivity index (χ0n) is 13.6. The topological polar surface area (TPSA) is 24.9 Å². The lowest BCUT2D eigenvalue weighted by atomic mass is 9.94. The van der Waals surface area contributed by atoms with E-state index in [2.05, 4.69) is 30.6 Å². The van der Waals surface area contributed by atoms with E-state index in [1.54, 1.807) is 0 Å². The van der Waals surface area contributed by atoms with Crippen molar-refractivity contribution in [3.63, 3.8) is 0 Å². The Bertz CT molecular complexity index is 264. The molecule has 0 aromatic rings. The van der Waals surface area contributed by atoms with Gasteiger partial charge in [0.15, 0.2) is 0 Å². The number of likely N-dealkylation sites (tertiary alicyclic amines) is 1. The van der Waals surface area contributed by atoms with Crippen molar-refractivity contribution in [2.75, 3.05) is 59.2 Å². The minimum absolute atomic E-state index is 0.322. The molecule has 0 bridgehead atoms. The van der Waals surface area contributed by atoms with Gasteiger partial charge in [-0.25, -0.2) is 0 Å². The summed E-state index contributed by atoms with van der Waals surface area (Å²) in [6, 6.07) is 0. The average Bonchev–Trinajstić information content (AvgIpc) is 2.44. The van der Waals surface area contributed by atoms with Crippen molar-refractivity contribution in [2.45, 2.75) is 39.2 Å². The molecule has 0 amide bonds. The van der Waals surface area contributed by atoms with Crippen molar-refractivity contribution in [3.8, 4) is 0 Å². The summed E-state index contributed by atoms with van der Waals surface area (Å²) in [7, 11) is 0. The van der Waals surface area contributed by atoms with Gasteiger partial charge < -0.3 is 9.47 Å². The third kappa shape index (κ3) is 5.32. The second-order valence-corrected chi connectivity index (χ2v) is 7.13. The molecule has 2 saturated heterocycles. The fourth-order valence-electron chi connectivity index (χ4n) is 3.04. The van der Waals surface area contributed by atoms with Gasteiger partial charge in [0.2, 0.25) is 0 Å². The molecular weight excluding hydrogens is 252 g/mol. The average molecular weight is 284 g/mol. The van der Waals surface area contributed by atoms with Crippen LogP contribution in [-0.4, -0.2) is 74.5 Å². The van der Waals surface area contributed by atoms with Gasteiger partial charge in [0.25, 0.3) is 0 Å². The molecule has 2 rings (SSSR count). The molecule has 2 fully saturated rings. The molecule has 2 aliphatic rings. The highest BCUT2D eigenvalue weighted by atomic mass is 16.5. The van der Waals surface area contributed by atoms with E-state index in [-0.39, 0.29) is 0 Å². The second kappa shape index (κ2) is 7.74. The second-order valence-electron chi connectivity index (χ2n) is 7.13. The van der Waals surface area contributed by atoms with Crippen LogP contribution in [0.2, 0.25) is 0 Å². The van der Waals surface area contributed by atoms with E-state index < -0.39 is 0 Å². The van der Waals surface area contributed by atoms with Crippen LogP contribution in [0.15, 0.2) is 0 Å². The van der Waals surface area contributed by atoms with Gasteiger partial charge in [-0.2, -0.15) is 0 Å². The molecule has 0 saturated carbocycles. The molecule has 0 aromatic carbocycles. The highest BCUT2D eigenvalue weighted by Crippen LogP contribution is 2.23. The van der Waals surface area contributed by atoms with Crippen LogP contribution in [0.1, 0.15) is 33.6 Å². The molecule has 2 aliphatic heterocycles. The first-order chi connectivity index (χ1) is 9.55. The van der Waals surface area contributed by atoms with Crippen molar-refractivity contribution in [1.29, 1.82) is 0 Å². The van der Waals surface area contributed by atoms with Gasteiger partial charge in [-0.05, 0) is 52.6 Å². The summed E-state index contributed by atoms with van der Waals surface area (Å²) in [5.41, 5.74) is 0.322. The summed E-state index contributed by atoms with van der Waals surface area (Å²) in [6.45, 7) is 16.1. The van der Waals surface area contributed by atoms with Gasteiger partial charge >= 0.3 is 0 Å². The minimum Gasteiger partial charge on any atom is -0.380 e. The largest absolute Gasteiger partial charge is 0.380 e. The Kier molecular flexibility index (Phi) is 6.27. The molecule has 0 spiro atoms. The van der Waals surface area contributed by atoms with Crippen LogP contribution in [0.4, 0.5) is 0 Å². The van der Waals surface area contributed by atoms with E-state index in [0.717, 1.165) is 52.0 Å². The molecule has 0 radical (unpaired) electrons. The fourth-order valence-corrected chi connectivity index (χ4v) is 3.04. The molecule has 4 nitrogen and oxygen atoms in total. The summed E-state index contributed by atoms with van der Waals surface area (Å²) in [6.07, 6.45) is 2.57. The molecule has 0 atom stereocenters. The zero-order chi connectivity index (χ0) is 14.4. The van der Waals surface area contributed by atoms with Gasteiger partial charge in [0, 0.05) is 31.8 Å². The number of morpholine rings is 1. The van der Waals surface area contributed by atoms with Crippen LogP contribution < -0.4 is 0 Å². The van der Waals surface area contributed by atoms with E-state index in [1.165, 1.54) is 25.9 Å². The first-order valence-electron chi connectivity index (χ1n) is 8.18. The molecule has 4 heteroatoms. The quantitative estimate of drug-likeness (QED) is 0.719. The first-order valence-corrected chi connectivity index (χ1v) is 8.18. The Balaban J connectivity index is 1.53. The standard InChI is InChI=1S/C16H32N2O2/c1-16(2,3)18-6-4-15(5-7-18)14-20-13-10-17-8-11-19-12-9-17/h15H,4-14H2,1-3H3. The predicted molar refractivity (Wildman–Crippen MR) is 82.1 cm³/mol. The Morgan fingerprint density at radius 2 is 1.70 bits per heavy atom. The smallest absolute Gasteiger partial charge is 0.0594 e. The van der Waals surface area contributed by atoms with Gasteiger partial charge in [-0.1, -0.05) is 0 Å². The van der Waals surface area contributed by atoms with Crippen LogP contribution in [0.3, 0.4) is 0 Å². The summed E-state index contributed by atoms with van der Waals surface area (Å²) in [4.78, 5) is 5.03. The maximum absolute atomic E-state index is 5.90. The van der Waals surface area contributed by atoms with E-state index in [9.17, 15) is 0 Å². The van der Waals surface area contributed by atoms with Gasteiger partial charge in [0.05, 0.1) is 19.8 Å². The molecule has 0 aliphatic carbocycles. The normalized spacial score (nSPS) is 24.1. The van der Waals surface area contributed by atoms with Crippen molar-refractivity contribution < 1.29 is 9.47 Å². The minimum atomic E-state index is 0.322. The number of nitrogens with zero attached hydrogens (tertiary/aromatic N) is 2. The van der Waals surface area contributed by atoms with Gasteiger partial charge in [0.1, 0.15) is 0 Å². The number of rotatable bonds is 5.